The van der Waals surface area contributed by atoms with Gasteiger partial charge in [-0.15, -0.1) is 9.24 Å². The van der Waals surface area contributed by atoms with Gasteiger partial charge in [0.25, 0.3) is 5.91 Å². The second-order valence-corrected chi connectivity index (χ2v) is 5.85. The topological polar surface area (TPSA) is 83.0 Å². The number of nitrogens with one attached hydrogen (secondary N) is 2. The normalized spacial score (nSPS) is 10.7. The van der Waals surface area contributed by atoms with E-state index in [2.05, 4.69) is 41.2 Å². The van der Waals surface area contributed by atoms with Gasteiger partial charge in [0, 0.05) is 17.8 Å². The van der Waals surface area contributed by atoms with Crippen LogP contribution in [-0.2, 0) is 6.54 Å². The zero-order valence-corrected chi connectivity index (χ0v) is 13.9. The van der Waals surface area contributed by atoms with Crippen molar-refractivity contribution in [1.29, 1.82) is 0 Å². The first kappa shape index (κ1) is 15.6. The van der Waals surface area contributed by atoms with Crippen molar-refractivity contribution in [2.24, 2.45) is 4.99 Å². The molecule has 2 heterocycles. The number of hydrogen-bond donors (Lipinski definition) is 2. The van der Waals surface area contributed by atoms with Crippen LogP contribution < -0.4 is 10.6 Å². The van der Waals surface area contributed by atoms with Crippen molar-refractivity contribution in [3.8, 4) is 0 Å². The zero-order valence-electron chi connectivity index (χ0n) is 12.0. The highest BCUT2D eigenvalue weighted by Gasteiger charge is 2.15. The minimum atomic E-state index is -0.305. The van der Waals surface area contributed by atoms with E-state index in [4.69, 9.17) is 11.6 Å². The van der Waals surface area contributed by atoms with Crippen molar-refractivity contribution >= 4 is 55.5 Å². The van der Waals surface area contributed by atoms with Gasteiger partial charge in [-0.05, 0) is 23.7 Å². The molecule has 1 unspecified atom stereocenters. The van der Waals surface area contributed by atoms with Crippen molar-refractivity contribution in [3.05, 3.63) is 47.0 Å². The molecule has 0 spiro atoms. The molecule has 1 atom stereocenters. The fraction of sp³-hybridized carbons (Fsp3) is 0.0667. The molecule has 0 aliphatic heterocycles. The van der Waals surface area contributed by atoms with Gasteiger partial charge >= 0.3 is 0 Å². The Hall–Kier alpha value is -2.30. The van der Waals surface area contributed by atoms with Crippen LogP contribution in [0.3, 0.4) is 0 Å². The number of aromatic nitrogens is 3. The fourth-order valence-electron chi connectivity index (χ4n) is 2.16. The number of hydrogen-bond acceptors (Lipinski definition) is 4. The number of H-pyrrole nitrogens is 1. The SMILES string of the molecule is C=Nc1c[nH]c2c(C(=O)NCc3ccc(P)c(Cl)c3)ncnc12. The largest absolute Gasteiger partial charge is 0.356 e. The van der Waals surface area contributed by atoms with E-state index in [1.165, 1.54) is 6.33 Å². The third kappa shape index (κ3) is 3.09. The van der Waals surface area contributed by atoms with E-state index in [1.807, 2.05) is 18.2 Å². The second kappa shape index (κ2) is 6.44. The Kier molecular flexibility index (Phi) is 4.37. The number of benzene rings is 1. The quantitative estimate of drug-likeness (QED) is 0.562. The minimum Gasteiger partial charge on any atom is -0.356 e. The lowest BCUT2D eigenvalue weighted by molar-refractivity contribution is 0.0947. The number of amides is 1. The molecule has 0 fully saturated rings. The Morgan fingerprint density at radius 1 is 1.43 bits per heavy atom. The number of aromatic amines is 1. The first-order valence-electron chi connectivity index (χ1n) is 6.71. The van der Waals surface area contributed by atoms with Gasteiger partial charge in [0.05, 0.1) is 5.52 Å². The van der Waals surface area contributed by atoms with Crippen LogP contribution in [0.4, 0.5) is 5.69 Å². The standard InChI is InChI=1S/C15H13ClN5OP/c1-17-10-6-18-13-12(10)20-7-21-14(13)15(22)19-5-8-2-3-11(23)9(16)4-8/h2-4,6-7,18H,1,5,23H2,(H,19,22). The maximum absolute atomic E-state index is 12.4. The van der Waals surface area contributed by atoms with E-state index in [-0.39, 0.29) is 11.6 Å². The van der Waals surface area contributed by atoms with Gasteiger partial charge < -0.3 is 10.3 Å². The van der Waals surface area contributed by atoms with E-state index in [9.17, 15) is 4.79 Å². The molecule has 8 heteroatoms. The number of carbonyl (C=O) groups excluding carboxylic acids is 1. The first-order valence-corrected chi connectivity index (χ1v) is 7.66. The Balaban J connectivity index is 1.82. The van der Waals surface area contributed by atoms with Gasteiger partial charge in [-0.1, -0.05) is 23.7 Å². The molecule has 0 bridgehead atoms. The summed E-state index contributed by atoms with van der Waals surface area (Å²) >= 11 is 6.07. The third-order valence-corrected chi connectivity index (χ3v) is 4.36. The molecule has 1 aromatic carbocycles. The number of fused-ring (bicyclic) bond motifs is 1. The summed E-state index contributed by atoms with van der Waals surface area (Å²) in [6.45, 7) is 3.82. The maximum atomic E-state index is 12.4. The molecule has 0 aliphatic rings. The molecule has 0 saturated heterocycles. The van der Waals surface area contributed by atoms with E-state index in [0.29, 0.717) is 28.3 Å². The Labute approximate surface area is 139 Å². The number of halogens is 1. The van der Waals surface area contributed by atoms with Crippen molar-refractivity contribution in [2.45, 2.75) is 6.54 Å². The summed E-state index contributed by atoms with van der Waals surface area (Å²) in [5, 5.41) is 4.37. The average Bonchev–Trinajstić information content (AvgIpc) is 2.98. The van der Waals surface area contributed by atoms with Crippen molar-refractivity contribution in [3.63, 3.8) is 0 Å². The number of carbonyl (C=O) groups is 1. The zero-order chi connectivity index (χ0) is 16.4. The van der Waals surface area contributed by atoms with Crippen LogP contribution in [0.5, 0.6) is 0 Å². The van der Waals surface area contributed by atoms with Crippen LogP contribution in [-0.4, -0.2) is 27.6 Å². The van der Waals surface area contributed by atoms with E-state index in [0.717, 1.165) is 10.9 Å². The Morgan fingerprint density at radius 2 is 2.26 bits per heavy atom. The van der Waals surface area contributed by atoms with Gasteiger partial charge in [0.1, 0.15) is 17.5 Å². The molecule has 116 valence electrons. The smallest absolute Gasteiger partial charge is 0.272 e. The van der Waals surface area contributed by atoms with Gasteiger partial charge in [-0.25, -0.2) is 9.97 Å². The molecule has 0 radical (unpaired) electrons. The van der Waals surface area contributed by atoms with Gasteiger partial charge in [0.2, 0.25) is 0 Å². The van der Waals surface area contributed by atoms with Crippen LogP contribution in [0.1, 0.15) is 16.1 Å². The predicted octanol–water partition coefficient (Wildman–Crippen LogP) is 2.37. The van der Waals surface area contributed by atoms with E-state index < -0.39 is 0 Å². The molecule has 3 aromatic rings. The number of rotatable bonds is 4. The van der Waals surface area contributed by atoms with Crippen LogP contribution >= 0.6 is 20.8 Å². The molecule has 23 heavy (non-hydrogen) atoms. The fourth-order valence-corrected chi connectivity index (χ4v) is 2.55. The van der Waals surface area contributed by atoms with Crippen molar-refractivity contribution < 1.29 is 4.79 Å². The highest BCUT2D eigenvalue weighted by atomic mass is 35.5. The maximum Gasteiger partial charge on any atom is 0.272 e. The van der Waals surface area contributed by atoms with E-state index >= 15 is 0 Å². The lowest BCUT2D eigenvalue weighted by atomic mass is 10.2. The second-order valence-electron chi connectivity index (χ2n) is 4.82. The molecular formula is C15H13ClN5OP. The molecule has 2 N–H and O–H groups in total. The molecule has 6 nitrogen and oxygen atoms in total. The highest BCUT2D eigenvalue weighted by Crippen LogP contribution is 2.24. The summed E-state index contributed by atoms with van der Waals surface area (Å²) in [5.74, 6) is -0.305. The molecular weight excluding hydrogens is 333 g/mol. The lowest BCUT2D eigenvalue weighted by Gasteiger charge is -2.07. The summed E-state index contributed by atoms with van der Waals surface area (Å²) < 4.78 is 0. The number of aliphatic imine (C=N–C) groups is 1. The Morgan fingerprint density at radius 3 is 3.00 bits per heavy atom. The first-order chi connectivity index (χ1) is 11.1. The van der Waals surface area contributed by atoms with Gasteiger partial charge in [-0.3, -0.25) is 9.79 Å². The third-order valence-electron chi connectivity index (χ3n) is 3.35. The molecule has 1 amide bonds. The number of nitrogens with zero attached hydrogens (tertiary/aromatic N) is 3. The van der Waals surface area contributed by atoms with E-state index in [1.54, 1.807) is 6.20 Å². The predicted molar refractivity (Wildman–Crippen MR) is 95.1 cm³/mol. The molecule has 0 aliphatic carbocycles. The van der Waals surface area contributed by atoms with Crippen molar-refractivity contribution in [1.82, 2.24) is 20.3 Å². The molecule has 0 saturated carbocycles. The summed E-state index contributed by atoms with van der Waals surface area (Å²) in [6, 6.07) is 5.59. The van der Waals surface area contributed by atoms with Crippen LogP contribution in [0.2, 0.25) is 5.02 Å². The summed E-state index contributed by atoms with van der Waals surface area (Å²) in [6.07, 6.45) is 2.97. The molecule has 2 aromatic heterocycles. The van der Waals surface area contributed by atoms with Crippen LogP contribution in [0, 0.1) is 0 Å². The van der Waals surface area contributed by atoms with Crippen LogP contribution in [0.25, 0.3) is 11.0 Å². The van der Waals surface area contributed by atoms with Crippen molar-refractivity contribution in [2.75, 3.05) is 0 Å². The van der Waals surface area contributed by atoms with Gasteiger partial charge in [-0.2, -0.15) is 0 Å². The minimum absolute atomic E-state index is 0.263. The Bertz CT molecular complexity index is 908. The lowest BCUT2D eigenvalue weighted by Crippen LogP contribution is -2.24. The summed E-state index contributed by atoms with van der Waals surface area (Å²) in [7, 11) is 2.55. The van der Waals surface area contributed by atoms with Crippen LogP contribution in [0.15, 0.2) is 35.7 Å². The summed E-state index contributed by atoms with van der Waals surface area (Å²) in [5.41, 5.74) is 2.85. The average molecular weight is 346 g/mol. The van der Waals surface area contributed by atoms with Gasteiger partial charge in [0.15, 0.2) is 5.69 Å². The highest BCUT2D eigenvalue weighted by molar-refractivity contribution is 7.28. The summed E-state index contributed by atoms with van der Waals surface area (Å²) in [4.78, 5) is 27.4. The molecule has 3 rings (SSSR count). The monoisotopic (exact) mass is 345 g/mol.